The number of carbonyl (C=O) groups excluding carboxylic acids is 3. The van der Waals surface area contributed by atoms with Gasteiger partial charge in [0.05, 0.1) is 18.7 Å². The number of aromatic nitrogens is 3. The number of anilines is 2. The van der Waals surface area contributed by atoms with E-state index in [0.29, 0.717) is 69.2 Å². The summed E-state index contributed by atoms with van der Waals surface area (Å²) in [5.41, 5.74) is 1.22. The van der Waals surface area contributed by atoms with E-state index in [1.165, 1.54) is 22.8 Å². The summed E-state index contributed by atoms with van der Waals surface area (Å²) < 4.78 is 63.1. The van der Waals surface area contributed by atoms with Crippen molar-refractivity contribution >= 4 is 29.4 Å². The summed E-state index contributed by atoms with van der Waals surface area (Å²) in [7, 11) is 0. The van der Waals surface area contributed by atoms with Crippen LogP contribution in [-0.2, 0) is 14.4 Å². The normalized spacial score (nSPS) is 25.9. The number of hydrogen-bond donors (Lipinski definition) is 4. The molecule has 0 spiro atoms. The highest BCUT2D eigenvalue weighted by Gasteiger charge is 2.48. The molecule has 2 saturated carbocycles. The van der Waals surface area contributed by atoms with Crippen molar-refractivity contribution in [1.82, 2.24) is 30.1 Å². The quantitative estimate of drug-likeness (QED) is 0.107. The molecule has 2 aromatic heterocycles. The van der Waals surface area contributed by atoms with Crippen LogP contribution in [0.1, 0.15) is 82.1 Å². The Kier molecular flexibility index (Phi) is 12.0. The molecule has 2 unspecified atom stereocenters. The molecule has 316 valence electrons. The molecule has 4 aromatic rings. The zero-order valence-electron chi connectivity index (χ0n) is 33.0. The molecule has 2 saturated heterocycles. The molecule has 2 atom stereocenters. The SMILES string of the molecule is O=C1CCC(Nc2ccc(C3CCN([C@H]4CC[C@H](NC(=O)[C@H]5CC[C@H](Nc6ncc(F)c(-c7cccc(-n8ccccc8=O)c7)n6)CC5)CC4)CC3(F)F)c(F)c2)C(=O)N1. The summed E-state index contributed by atoms with van der Waals surface area (Å²) in [6.07, 6.45) is 8.72. The molecule has 3 amide bonds. The van der Waals surface area contributed by atoms with Crippen LogP contribution in [0.5, 0.6) is 0 Å². The predicted octanol–water partition coefficient (Wildman–Crippen LogP) is 6.31. The standard InChI is InChI=1S/C44H48F4N8O4/c45-35-23-30(50-37-17-18-38(57)53-42(37)60)13-16-33(35)34-19-21-55(25-44(34,47)48)31-14-11-28(12-15-31)51-41(59)26-7-9-29(10-8-26)52-43-49-24-36(46)40(54-43)27-4-3-5-32(22-27)56-20-2-1-6-39(56)58/h1-6,13,16,20,22-24,26,28-29,31,34,37,50H,7-12,14-15,17-19,21,25H2,(H,51,59)(H,49,52,54)(H,53,57,60)/t26-,28-,29-,31-,34?,37?. The Balaban J connectivity index is 0.783. The lowest BCUT2D eigenvalue weighted by atomic mass is 9.82. The average molecular weight is 829 g/mol. The number of nitrogens with zero attached hydrogens (tertiary/aromatic N) is 4. The van der Waals surface area contributed by atoms with Crippen LogP contribution in [0.2, 0.25) is 0 Å². The number of piperidine rings is 2. The van der Waals surface area contributed by atoms with Crippen LogP contribution in [0.25, 0.3) is 16.9 Å². The summed E-state index contributed by atoms with van der Waals surface area (Å²) >= 11 is 0. The largest absolute Gasteiger partial charge is 0.374 e. The maximum atomic E-state index is 15.7. The predicted molar refractivity (Wildman–Crippen MR) is 217 cm³/mol. The zero-order chi connectivity index (χ0) is 42.0. The smallest absolute Gasteiger partial charge is 0.267 e. The van der Waals surface area contributed by atoms with Gasteiger partial charge in [0.15, 0.2) is 5.82 Å². The summed E-state index contributed by atoms with van der Waals surface area (Å²) in [5.74, 6) is -6.52. The van der Waals surface area contributed by atoms with E-state index in [1.54, 1.807) is 42.6 Å². The Hall–Kier alpha value is -5.64. The minimum Gasteiger partial charge on any atom is -0.374 e. The van der Waals surface area contributed by atoms with Gasteiger partial charge in [0.1, 0.15) is 17.6 Å². The molecule has 8 rings (SSSR count). The first kappa shape index (κ1) is 41.1. The van der Waals surface area contributed by atoms with E-state index < -0.39 is 42.0 Å². The topological polar surface area (TPSA) is 150 Å². The molecule has 2 aliphatic heterocycles. The van der Waals surface area contributed by atoms with Crippen LogP contribution < -0.4 is 26.8 Å². The number of halogens is 4. The number of benzene rings is 2. The van der Waals surface area contributed by atoms with Gasteiger partial charge in [-0.15, -0.1) is 0 Å². The number of nitrogens with one attached hydrogen (secondary N) is 4. The van der Waals surface area contributed by atoms with E-state index in [1.807, 2.05) is 4.90 Å². The van der Waals surface area contributed by atoms with Crippen molar-refractivity contribution in [2.24, 2.45) is 5.92 Å². The lowest BCUT2D eigenvalue weighted by Crippen LogP contribution is -2.53. The van der Waals surface area contributed by atoms with Crippen molar-refractivity contribution in [1.29, 1.82) is 0 Å². The van der Waals surface area contributed by atoms with Gasteiger partial charge < -0.3 is 16.0 Å². The summed E-state index contributed by atoms with van der Waals surface area (Å²) in [6.45, 7) is -0.0658. The first-order chi connectivity index (χ1) is 28.9. The van der Waals surface area contributed by atoms with Crippen molar-refractivity contribution in [3.63, 3.8) is 0 Å². The number of alkyl halides is 2. The van der Waals surface area contributed by atoms with Gasteiger partial charge in [-0.2, -0.15) is 0 Å². The lowest BCUT2D eigenvalue weighted by molar-refractivity contribution is -0.133. The summed E-state index contributed by atoms with van der Waals surface area (Å²) in [6, 6.07) is 15.0. The van der Waals surface area contributed by atoms with Gasteiger partial charge in [0.25, 0.3) is 11.5 Å². The van der Waals surface area contributed by atoms with Crippen LogP contribution >= 0.6 is 0 Å². The minimum absolute atomic E-state index is 0.00215. The third-order valence-electron chi connectivity index (χ3n) is 12.5. The van der Waals surface area contributed by atoms with E-state index in [9.17, 15) is 23.6 Å². The number of likely N-dealkylation sites (tertiary alicyclic amines) is 1. The van der Waals surface area contributed by atoms with Gasteiger partial charge in [-0.3, -0.25) is 34.0 Å². The van der Waals surface area contributed by atoms with E-state index in [-0.39, 0.29) is 83.6 Å². The summed E-state index contributed by atoms with van der Waals surface area (Å²) in [5, 5.41) is 11.7. The van der Waals surface area contributed by atoms with Crippen LogP contribution in [-0.4, -0.2) is 80.3 Å². The molecule has 4 fully saturated rings. The van der Waals surface area contributed by atoms with Gasteiger partial charge in [-0.1, -0.05) is 24.3 Å². The second kappa shape index (κ2) is 17.5. The second-order valence-corrected chi connectivity index (χ2v) is 16.5. The maximum absolute atomic E-state index is 15.7. The molecule has 16 heteroatoms. The van der Waals surface area contributed by atoms with Crippen LogP contribution in [0, 0.1) is 17.6 Å². The Labute approximate surface area is 344 Å². The Morgan fingerprint density at radius 1 is 0.817 bits per heavy atom. The van der Waals surface area contributed by atoms with E-state index >= 15 is 13.2 Å². The fourth-order valence-corrected chi connectivity index (χ4v) is 9.26. The van der Waals surface area contributed by atoms with Crippen molar-refractivity contribution in [3.8, 4) is 16.9 Å². The summed E-state index contributed by atoms with van der Waals surface area (Å²) in [4.78, 5) is 59.7. The lowest BCUT2D eigenvalue weighted by Gasteiger charge is -2.44. The van der Waals surface area contributed by atoms with E-state index in [0.717, 1.165) is 12.3 Å². The molecular weight excluding hydrogens is 781 g/mol. The molecule has 4 N–H and O–H groups in total. The van der Waals surface area contributed by atoms with Crippen LogP contribution in [0.15, 0.2) is 77.9 Å². The number of carbonyl (C=O) groups is 3. The minimum atomic E-state index is -3.15. The van der Waals surface area contributed by atoms with Gasteiger partial charge in [0, 0.05) is 59.7 Å². The Morgan fingerprint density at radius 3 is 2.33 bits per heavy atom. The number of imide groups is 1. The molecule has 12 nitrogen and oxygen atoms in total. The Morgan fingerprint density at radius 2 is 1.60 bits per heavy atom. The van der Waals surface area contributed by atoms with Gasteiger partial charge in [-0.25, -0.2) is 27.5 Å². The van der Waals surface area contributed by atoms with Crippen molar-refractivity contribution in [2.45, 2.75) is 107 Å². The molecule has 4 aliphatic rings. The fourth-order valence-electron chi connectivity index (χ4n) is 9.26. The molecule has 2 aliphatic carbocycles. The maximum Gasteiger partial charge on any atom is 0.267 e. The van der Waals surface area contributed by atoms with Crippen molar-refractivity contribution in [3.05, 3.63) is 101 Å². The fraction of sp³-hybridized carbons (Fsp3) is 0.455. The first-order valence-corrected chi connectivity index (χ1v) is 20.8. The second-order valence-electron chi connectivity index (χ2n) is 16.5. The molecule has 4 heterocycles. The highest BCUT2D eigenvalue weighted by atomic mass is 19.3. The van der Waals surface area contributed by atoms with Crippen molar-refractivity contribution in [2.75, 3.05) is 23.7 Å². The number of pyridine rings is 1. The van der Waals surface area contributed by atoms with Gasteiger partial charge in [0.2, 0.25) is 23.7 Å². The molecule has 0 bridgehead atoms. The molecule has 2 aromatic carbocycles. The number of rotatable bonds is 10. The monoisotopic (exact) mass is 828 g/mol. The third-order valence-corrected chi connectivity index (χ3v) is 12.5. The highest BCUT2D eigenvalue weighted by Crippen LogP contribution is 2.43. The highest BCUT2D eigenvalue weighted by molar-refractivity contribution is 6.01. The van der Waals surface area contributed by atoms with Gasteiger partial charge >= 0.3 is 0 Å². The van der Waals surface area contributed by atoms with Crippen molar-refractivity contribution < 1.29 is 31.9 Å². The number of amides is 3. The molecule has 60 heavy (non-hydrogen) atoms. The zero-order valence-corrected chi connectivity index (χ0v) is 33.0. The third kappa shape index (κ3) is 9.23. The van der Waals surface area contributed by atoms with E-state index in [2.05, 4.69) is 31.2 Å². The average Bonchev–Trinajstić information content (AvgIpc) is 3.23. The number of hydrogen-bond acceptors (Lipinski definition) is 9. The van der Waals surface area contributed by atoms with E-state index in [4.69, 9.17) is 0 Å². The Bertz CT molecular complexity index is 2290. The van der Waals surface area contributed by atoms with Crippen LogP contribution in [0.4, 0.5) is 29.2 Å². The molecular formula is C44H48F4N8O4. The first-order valence-electron chi connectivity index (χ1n) is 20.8. The van der Waals surface area contributed by atoms with Crippen LogP contribution in [0.3, 0.4) is 0 Å². The molecule has 0 radical (unpaired) electrons. The van der Waals surface area contributed by atoms with Gasteiger partial charge in [-0.05, 0) is 107 Å².